The summed E-state index contributed by atoms with van der Waals surface area (Å²) in [5, 5.41) is 5.40. The molecule has 2 N–H and O–H groups in total. The van der Waals surface area contributed by atoms with E-state index in [2.05, 4.69) is 36.6 Å². The molecule has 0 spiro atoms. The second-order valence-corrected chi connectivity index (χ2v) is 7.82. The standard InChI is InChI=1S/C24H30N2O4/c1-16(2)18-10-12-19(13-11-18)23(17(3)4)26-21(27)15-30-22(28)14-25-24(29)20-8-6-5-7-9-20/h5-13,16-17,23H,14-15H2,1-4H3,(H,25,29)(H,26,27)/t23-/m0/s1. The second-order valence-electron chi connectivity index (χ2n) is 7.82. The first kappa shape index (κ1) is 23.1. The fourth-order valence-corrected chi connectivity index (χ4v) is 2.98. The molecule has 6 nitrogen and oxygen atoms in total. The van der Waals surface area contributed by atoms with E-state index >= 15 is 0 Å². The first-order valence-corrected chi connectivity index (χ1v) is 10.2. The minimum atomic E-state index is -0.670. The lowest BCUT2D eigenvalue weighted by molar-refractivity contribution is -0.147. The molecule has 30 heavy (non-hydrogen) atoms. The molecule has 0 aliphatic rings. The van der Waals surface area contributed by atoms with Crippen LogP contribution in [0.3, 0.4) is 0 Å². The van der Waals surface area contributed by atoms with Gasteiger partial charge < -0.3 is 15.4 Å². The van der Waals surface area contributed by atoms with E-state index in [9.17, 15) is 14.4 Å². The van der Waals surface area contributed by atoms with Gasteiger partial charge in [0.1, 0.15) is 6.54 Å². The molecule has 0 radical (unpaired) electrons. The molecule has 0 saturated carbocycles. The molecule has 0 fully saturated rings. The fraction of sp³-hybridized carbons (Fsp3) is 0.375. The minimum Gasteiger partial charge on any atom is -0.454 e. The van der Waals surface area contributed by atoms with Gasteiger partial charge in [-0.2, -0.15) is 0 Å². The first-order valence-electron chi connectivity index (χ1n) is 10.2. The van der Waals surface area contributed by atoms with Gasteiger partial charge in [-0.05, 0) is 35.1 Å². The molecule has 6 heteroatoms. The molecule has 0 saturated heterocycles. The van der Waals surface area contributed by atoms with Crippen molar-refractivity contribution >= 4 is 17.8 Å². The van der Waals surface area contributed by atoms with Gasteiger partial charge in [0.25, 0.3) is 11.8 Å². The highest BCUT2D eigenvalue weighted by atomic mass is 16.5. The molecule has 2 amide bonds. The van der Waals surface area contributed by atoms with Crippen molar-refractivity contribution in [1.82, 2.24) is 10.6 Å². The van der Waals surface area contributed by atoms with Crippen LogP contribution in [0.5, 0.6) is 0 Å². The van der Waals surface area contributed by atoms with Crippen LogP contribution < -0.4 is 10.6 Å². The minimum absolute atomic E-state index is 0.166. The highest BCUT2D eigenvalue weighted by molar-refractivity contribution is 5.96. The molecule has 160 valence electrons. The molecule has 0 heterocycles. The van der Waals surface area contributed by atoms with E-state index in [1.54, 1.807) is 30.3 Å². The molecule has 0 aliphatic heterocycles. The lowest BCUT2D eigenvalue weighted by atomic mass is 9.93. The van der Waals surface area contributed by atoms with Crippen LogP contribution in [-0.2, 0) is 14.3 Å². The Balaban J connectivity index is 1.82. The van der Waals surface area contributed by atoms with Crippen LogP contribution >= 0.6 is 0 Å². The SMILES string of the molecule is CC(C)c1ccc([C@@H](NC(=O)COC(=O)CNC(=O)c2ccccc2)C(C)C)cc1. The summed E-state index contributed by atoms with van der Waals surface area (Å²) in [5.41, 5.74) is 2.69. The van der Waals surface area contributed by atoms with E-state index in [0.29, 0.717) is 11.5 Å². The van der Waals surface area contributed by atoms with Crippen LogP contribution in [0.2, 0.25) is 0 Å². The molecule has 0 unspecified atom stereocenters. The zero-order valence-corrected chi connectivity index (χ0v) is 18.0. The highest BCUT2D eigenvalue weighted by Gasteiger charge is 2.19. The van der Waals surface area contributed by atoms with Crippen molar-refractivity contribution in [3.8, 4) is 0 Å². The van der Waals surface area contributed by atoms with E-state index in [0.717, 1.165) is 5.56 Å². The molecular weight excluding hydrogens is 380 g/mol. The van der Waals surface area contributed by atoms with Gasteiger partial charge in [-0.1, -0.05) is 70.2 Å². The van der Waals surface area contributed by atoms with Gasteiger partial charge in [0.15, 0.2) is 6.61 Å². The summed E-state index contributed by atoms with van der Waals surface area (Å²) in [5.74, 6) is -0.824. The number of nitrogens with one attached hydrogen (secondary N) is 2. The van der Waals surface area contributed by atoms with E-state index in [-0.39, 0.29) is 30.3 Å². The lowest BCUT2D eigenvalue weighted by Gasteiger charge is -2.23. The van der Waals surface area contributed by atoms with Crippen molar-refractivity contribution in [3.63, 3.8) is 0 Å². The predicted molar refractivity (Wildman–Crippen MR) is 116 cm³/mol. The second kappa shape index (κ2) is 11.1. The summed E-state index contributed by atoms with van der Waals surface area (Å²) in [6.45, 7) is 7.61. The van der Waals surface area contributed by atoms with Gasteiger partial charge in [0.2, 0.25) is 0 Å². The fourth-order valence-electron chi connectivity index (χ4n) is 2.98. The largest absolute Gasteiger partial charge is 0.454 e. The van der Waals surface area contributed by atoms with Crippen molar-refractivity contribution < 1.29 is 19.1 Å². The van der Waals surface area contributed by atoms with Crippen molar-refractivity contribution in [2.75, 3.05) is 13.2 Å². The number of hydrogen-bond acceptors (Lipinski definition) is 4. The van der Waals surface area contributed by atoms with Crippen LogP contribution in [0.1, 0.15) is 61.1 Å². The average Bonchev–Trinajstić information content (AvgIpc) is 2.74. The van der Waals surface area contributed by atoms with E-state index in [1.807, 2.05) is 26.0 Å². The smallest absolute Gasteiger partial charge is 0.325 e. The Bertz CT molecular complexity index is 845. The summed E-state index contributed by atoms with van der Waals surface area (Å²) in [6.07, 6.45) is 0. The highest BCUT2D eigenvalue weighted by Crippen LogP contribution is 2.24. The van der Waals surface area contributed by atoms with E-state index in [4.69, 9.17) is 4.74 Å². The van der Waals surface area contributed by atoms with Crippen molar-refractivity contribution in [2.45, 2.75) is 39.7 Å². The number of benzene rings is 2. The zero-order chi connectivity index (χ0) is 22.1. The monoisotopic (exact) mass is 410 g/mol. The Morgan fingerprint density at radius 3 is 2.03 bits per heavy atom. The lowest BCUT2D eigenvalue weighted by Crippen LogP contribution is -2.36. The Labute approximate surface area is 178 Å². The average molecular weight is 411 g/mol. The topological polar surface area (TPSA) is 84.5 Å². The first-order chi connectivity index (χ1) is 14.3. The van der Waals surface area contributed by atoms with Gasteiger partial charge in [0, 0.05) is 5.56 Å². The van der Waals surface area contributed by atoms with Crippen molar-refractivity contribution in [1.29, 1.82) is 0 Å². The third-order valence-corrected chi connectivity index (χ3v) is 4.74. The van der Waals surface area contributed by atoms with Crippen molar-refractivity contribution in [2.24, 2.45) is 5.92 Å². The van der Waals surface area contributed by atoms with E-state index < -0.39 is 12.6 Å². The molecule has 2 rings (SSSR count). The number of ether oxygens (including phenoxy) is 1. The van der Waals surface area contributed by atoms with Gasteiger partial charge in [-0.15, -0.1) is 0 Å². The van der Waals surface area contributed by atoms with Crippen LogP contribution in [0, 0.1) is 5.92 Å². The van der Waals surface area contributed by atoms with Gasteiger partial charge in [0.05, 0.1) is 6.04 Å². The van der Waals surface area contributed by atoms with Gasteiger partial charge in [-0.25, -0.2) is 0 Å². The summed E-state index contributed by atoms with van der Waals surface area (Å²) < 4.78 is 4.99. The summed E-state index contributed by atoms with van der Waals surface area (Å²) >= 11 is 0. The van der Waals surface area contributed by atoms with E-state index in [1.165, 1.54) is 5.56 Å². The maximum absolute atomic E-state index is 12.3. The summed E-state index contributed by atoms with van der Waals surface area (Å²) in [4.78, 5) is 36.1. The van der Waals surface area contributed by atoms with Crippen LogP contribution in [-0.4, -0.2) is 30.9 Å². The van der Waals surface area contributed by atoms with Crippen molar-refractivity contribution in [3.05, 3.63) is 71.3 Å². The molecular formula is C24H30N2O4. The molecule has 0 bridgehead atoms. The molecule has 0 aliphatic carbocycles. The molecule has 2 aromatic rings. The van der Waals surface area contributed by atoms with Crippen LogP contribution in [0.15, 0.2) is 54.6 Å². The number of hydrogen-bond donors (Lipinski definition) is 2. The molecule has 2 aromatic carbocycles. The maximum Gasteiger partial charge on any atom is 0.325 e. The quantitative estimate of drug-likeness (QED) is 0.619. The normalized spacial score (nSPS) is 11.8. The third-order valence-electron chi connectivity index (χ3n) is 4.74. The summed E-state index contributed by atoms with van der Waals surface area (Å²) in [7, 11) is 0. The Morgan fingerprint density at radius 2 is 1.47 bits per heavy atom. The molecule has 0 aromatic heterocycles. The Kier molecular flexibility index (Phi) is 8.59. The Hall–Kier alpha value is -3.15. The number of carbonyl (C=O) groups excluding carboxylic acids is 3. The Morgan fingerprint density at radius 1 is 0.867 bits per heavy atom. The van der Waals surface area contributed by atoms with Gasteiger partial charge >= 0.3 is 5.97 Å². The summed E-state index contributed by atoms with van der Waals surface area (Å²) in [6, 6.07) is 16.5. The third kappa shape index (κ3) is 7.03. The number of esters is 1. The zero-order valence-electron chi connectivity index (χ0n) is 18.0. The predicted octanol–water partition coefficient (Wildman–Crippen LogP) is 3.60. The number of rotatable bonds is 9. The van der Waals surface area contributed by atoms with Gasteiger partial charge in [-0.3, -0.25) is 14.4 Å². The van der Waals surface area contributed by atoms with Crippen LogP contribution in [0.4, 0.5) is 0 Å². The number of carbonyl (C=O) groups is 3. The van der Waals surface area contributed by atoms with Crippen LogP contribution in [0.25, 0.3) is 0 Å². The molecule has 1 atom stereocenters. The number of amides is 2. The maximum atomic E-state index is 12.3.